The molecular formula is C12H18O. The lowest BCUT2D eigenvalue weighted by Gasteiger charge is -2.43. The Balaban J connectivity index is 2.35. The second-order valence-electron chi connectivity index (χ2n) is 4.87. The first kappa shape index (κ1) is 8.98. The van der Waals surface area contributed by atoms with Gasteiger partial charge in [-0.3, -0.25) is 4.79 Å². The van der Waals surface area contributed by atoms with E-state index in [1.165, 1.54) is 24.8 Å². The molecule has 0 aromatic rings. The summed E-state index contributed by atoms with van der Waals surface area (Å²) in [4.78, 5) is 11.4. The highest BCUT2D eigenvalue weighted by atomic mass is 16.1. The maximum atomic E-state index is 11.4. The van der Waals surface area contributed by atoms with Gasteiger partial charge in [0, 0.05) is 6.42 Å². The van der Waals surface area contributed by atoms with Gasteiger partial charge in [-0.25, -0.2) is 0 Å². The summed E-state index contributed by atoms with van der Waals surface area (Å²) in [5.74, 6) is 0.905. The molecule has 0 aromatic heterocycles. The van der Waals surface area contributed by atoms with Crippen LogP contribution in [0.2, 0.25) is 0 Å². The lowest BCUT2D eigenvalue weighted by molar-refractivity contribution is -0.117. The van der Waals surface area contributed by atoms with Crippen LogP contribution in [-0.2, 0) is 4.79 Å². The maximum absolute atomic E-state index is 11.4. The molecule has 1 nitrogen and oxygen atoms in total. The van der Waals surface area contributed by atoms with Gasteiger partial charge in [0.25, 0.3) is 0 Å². The average molecular weight is 178 g/mol. The van der Waals surface area contributed by atoms with E-state index in [-0.39, 0.29) is 0 Å². The Labute approximate surface area is 80.2 Å². The fourth-order valence-electron chi connectivity index (χ4n) is 2.83. The van der Waals surface area contributed by atoms with Crippen molar-refractivity contribution in [3.05, 3.63) is 11.6 Å². The van der Waals surface area contributed by atoms with Crippen LogP contribution in [0.1, 0.15) is 46.0 Å². The van der Waals surface area contributed by atoms with E-state index in [0.29, 0.717) is 17.1 Å². The molecule has 0 radical (unpaired) electrons. The minimum Gasteiger partial charge on any atom is -0.295 e. The normalized spacial score (nSPS) is 39.7. The molecule has 1 fully saturated rings. The third kappa shape index (κ3) is 1.34. The van der Waals surface area contributed by atoms with Gasteiger partial charge in [-0.05, 0) is 36.7 Å². The molecule has 2 aliphatic carbocycles. The molecule has 0 heterocycles. The fraction of sp³-hybridized carbons (Fsp3) is 0.750. The first-order chi connectivity index (χ1) is 6.13. The first-order valence-electron chi connectivity index (χ1n) is 5.37. The molecule has 0 N–H and O–H groups in total. The van der Waals surface area contributed by atoms with Crippen LogP contribution in [0.3, 0.4) is 0 Å². The van der Waals surface area contributed by atoms with Crippen LogP contribution in [-0.4, -0.2) is 5.78 Å². The Morgan fingerprint density at radius 2 is 2.23 bits per heavy atom. The zero-order valence-electron chi connectivity index (χ0n) is 8.60. The van der Waals surface area contributed by atoms with Crippen molar-refractivity contribution in [3.63, 3.8) is 0 Å². The van der Waals surface area contributed by atoms with Crippen molar-refractivity contribution >= 4 is 5.78 Å². The van der Waals surface area contributed by atoms with Gasteiger partial charge in [0.15, 0.2) is 5.78 Å². The number of ketones is 1. The van der Waals surface area contributed by atoms with Crippen LogP contribution in [0.4, 0.5) is 0 Å². The van der Waals surface area contributed by atoms with E-state index >= 15 is 0 Å². The summed E-state index contributed by atoms with van der Waals surface area (Å²) in [5, 5.41) is 0. The molecule has 2 unspecified atom stereocenters. The molecule has 0 saturated heterocycles. The van der Waals surface area contributed by atoms with Crippen molar-refractivity contribution in [2.75, 3.05) is 0 Å². The largest absolute Gasteiger partial charge is 0.295 e. The summed E-state index contributed by atoms with van der Waals surface area (Å²) < 4.78 is 0. The maximum Gasteiger partial charge on any atom is 0.155 e. The molecule has 1 saturated carbocycles. The molecule has 0 spiro atoms. The third-order valence-corrected chi connectivity index (χ3v) is 4.06. The Morgan fingerprint density at radius 1 is 1.46 bits per heavy atom. The van der Waals surface area contributed by atoms with E-state index in [2.05, 4.69) is 13.8 Å². The second kappa shape index (κ2) is 2.97. The molecule has 0 bridgehead atoms. The van der Waals surface area contributed by atoms with Gasteiger partial charge in [-0.15, -0.1) is 0 Å². The van der Waals surface area contributed by atoms with E-state index < -0.39 is 0 Å². The summed E-state index contributed by atoms with van der Waals surface area (Å²) in [6, 6.07) is 0. The molecule has 2 atom stereocenters. The number of rotatable bonds is 0. The molecule has 0 aliphatic heterocycles. The van der Waals surface area contributed by atoms with Gasteiger partial charge in [-0.1, -0.05) is 25.8 Å². The number of carbonyl (C=O) groups excluding carboxylic acids is 1. The highest BCUT2D eigenvalue weighted by molar-refractivity contribution is 5.91. The van der Waals surface area contributed by atoms with Crippen molar-refractivity contribution < 1.29 is 4.79 Å². The van der Waals surface area contributed by atoms with Gasteiger partial charge in [-0.2, -0.15) is 0 Å². The summed E-state index contributed by atoms with van der Waals surface area (Å²) in [5.41, 5.74) is 1.79. The number of hydrogen-bond donors (Lipinski definition) is 0. The quantitative estimate of drug-likeness (QED) is 0.557. The van der Waals surface area contributed by atoms with Gasteiger partial charge in [0.1, 0.15) is 0 Å². The van der Waals surface area contributed by atoms with Crippen molar-refractivity contribution in [3.8, 4) is 0 Å². The lowest BCUT2D eigenvalue weighted by atomic mass is 9.61. The van der Waals surface area contributed by atoms with Crippen LogP contribution in [0.15, 0.2) is 11.6 Å². The monoisotopic (exact) mass is 178 g/mol. The minimum atomic E-state index is 0.349. The van der Waals surface area contributed by atoms with Crippen LogP contribution in [0, 0.1) is 11.3 Å². The summed E-state index contributed by atoms with van der Waals surface area (Å²) in [7, 11) is 0. The number of fused-ring (bicyclic) bond motifs is 1. The van der Waals surface area contributed by atoms with Crippen LogP contribution >= 0.6 is 0 Å². The predicted molar refractivity (Wildman–Crippen MR) is 53.4 cm³/mol. The molecular weight excluding hydrogens is 160 g/mol. The number of hydrogen-bond acceptors (Lipinski definition) is 1. The van der Waals surface area contributed by atoms with Gasteiger partial charge < -0.3 is 0 Å². The Hall–Kier alpha value is -0.590. The van der Waals surface area contributed by atoms with Gasteiger partial charge >= 0.3 is 0 Å². The second-order valence-corrected chi connectivity index (χ2v) is 4.87. The Kier molecular flexibility index (Phi) is 2.05. The summed E-state index contributed by atoms with van der Waals surface area (Å²) >= 11 is 0. The topological polar surface area (TPSA) is 17.1 Å². The molecule has 2 aliphatic rings. The molecule has 72 valence electrons. The average Bonchev–Trinajstić information content (AvgIpc) is 2.07. The Bertz CT molecular complexity index is 264. The SMILES string of the molecule is CC1CC(=O)C=C2CCCCC21C. The Morgan fingerprint density at radius 3 is 3.00 bits per heavy atom. The van der Waals surface area contributed by atoms with E-state index in [1.807, 2.05) is 6.08 Å². The van der Waals surface area contributed by atoms with E-state index in [4.69, 9.17) is 0 Å². The van der Waals surface area contributed by atoms with Crippen LogP contribution < -0.4 is 0 Å². The van der Waals surface area contributed by atoms with Crippen molar-refractivity contribution in [2.45, 2.75) is 46.0 Å². The third-order valence-electron chi connectivity index (χ3n) is 4.06. The van der Waals surface area contributed by atoms with Crippen molar-refractivity contribution in [2.24, 2.45) is 11.3 Å². The number of carbonyl (C=O) groups is 1. The molecule has 13 heavy (non-hydrogen) atoms. The fourth-order valence-corrected chi connectivity index (χ4v) is 2.83. The van der Waals surface area contributed by atoms with Crippen molar-refractivity contribution in [1.29, 1.82) is 0 Å². The van der Waals surface area contributed by atoms with Crippen LogP contribution in [0.25, 0.3) is 0 Å². The lowest BCUT2D eigenvalue weighted by Crippen LogP contribution is -2.35. The molecule has 0 amide bonds. The van der Waals surface area contributed by atoms with E-state index in [9.17, 15) is 4.79 Å². The van der Waals surface area contributed by atoms with Gasteiger partial charge in [0.05, 0.1) is 0 Å². The number of allylic oxidation sites excluding steroid dienone is 2. The molecule has 1 heteroatoms. The predicted octanol–water partition coefficient (Wildman–Crippen LogP) is 3.10. The zero-order chi connectivity index (χ0) is 9.47. The zero-order valence-corrected chi connectivity index (χ0v) is 8.60. The van der Waals surface area contributed by atoms with Gasteiger partial charge in [0.2, 0.25) is 0 Å². The van der Waals surface area contributed by atoms with Crippen LogP contribution in [0.5, 0.6) is 0 Å². The summed E-state index contributed by atoms with van der Waals surface area (Å²) in [6.45, 7) is 4.57. The highest BCUT2D eigenvalue weighted by Gasteiger charge is 2.40. The highest BCUT2D eigenvalue weighted by Crippen LogP contribution is 2.49. The van der Waals surface area contributed by atoms with E-state index in [1.54, 1.807) is 0 Å². The molecule has 0 aromatic carbocycles. The van der Waals surface area contributed by atoms with E-state index in [0.717, 1.165) is 12.8 Å². The summed E-state index contributed by atoms with van der Waals surface area (Å²) in [6.07, 6.45) is 7.76. The smallest absolute Gasteiger partial charge is 0.155 e. The minimum absolute atomic E-state index is 0.349. The first-order valence-corrected chi connectivity index (χ1v) is 5.37. The molecule has 2 rings (SSSR count). The standard InChI is InChI=1S/C12H18O/c1-9-7-11(13)8-10-5-3-4-6-12(9,10)2/h8-9H,3-7H2,1-2H3. The van der Waals surface area contributed by atoms with Crippen molar-refractivity contribution in [1.82, 2.24) is 0 Å².